The van der Waals surface area contributed by atoms with Crippen molar-refractivity contribution in [2.24, 2.45) is 0 Å². The van der Waals surface area contributed by atoms with E-state index >= 15 is 0 Å². The summed E-state index contributed by atoms with van der Waals surface area (Å²) in [5.41, 5.74) is 2.49. The van der Waals surface area contributed by atoms with Crippen LogP contribution in [-0.4, -0.2) is 25.0 Å². The van der Waals surface area contributed by atoms with Gasteiger partial charge in [0.05, 0.1) is 19.4 Å². The third kappa shape index (κ3) is 2.76. The number of rotatable bonds is 5. The molecule has 0 radical (unpaired) electrons. The van der Waals surface area contributed by atoms with Crippen LogP contribution >= 0.6 is 0 Å². The molecule has 0 saturated carbocycles. The van der Waals surface area contributed by atoms with Gasteiger partial charge in [-0.3, -0.25) is 0 Å². The Morgan fingerprint density at radius 1 is 1.04 bits per heavy atom. The second-order valence-electron chi connectivity index (χ2n) is 5.06. The number of hydrogen-bond donors (Lipinski definition) is 1. The van der Waals surface area contributed by atoms with Gasteiger partial charge >= 0.3 is 0 Å². The molecule has 0 aliphatic carbocycles. The van der Waals surface area contributed by atoms with Crippen LogP contribution in [0.4, 0.5) is 5.82 Å². The van der Waals surface area contributed by atoms with E-state index < -0.39 is 0 Å². The molecule has 3 aromatic heterocycles. The first kappa shape index (κ1) is 13.4. The molecular formula is C16H14N6O. The Morgan fingerprint density at radius 3 is 2.78 bits per heavy atom. The molecule has 0 aliphatic heterocycles. The third-order valence-corrected chi connectivity index (χ3v) is 3.49. The summed E-state index contributed by atoms with van der Waals surface area (Å²) in [5, 5.41) is 11.6. The summed E-state index contributed by atoms with van der Waals surface area (Å²) in [5.74, 6) is 1.47. The molecule has 0 bridgehead atoms. The molecule has 1 aromatic carbocycles. The van der Waals surface area contributed by atoms with Crippen LogP contribution in [-0.2, 0) is 13.1 Å². The topological polar surface area (TPSA) is 81.7 Å². The van der Waals surface area contributed by atoms with Crippen LogP contribution in [0.3, 0.4) is 0 Å². The SMILES string of the molecule is c1ccc(Cn2nnc3c(NCc4ccco4)ncnc32)cc1. The summed E-state index contributed by atoms with van der Waals surface area (Å²) in [4.78, 5) is 8.55. The average Bonchev–Trinajstić information content (AvgIpc) is 3.24. The second kappa shape index (κ2) is 5.88. The monoisotopic (exact) mass is 306 g/mol. The molecule has 114 valence electrons. The first-order valence-electron chi connectivity index (χ1n) is 7.24. The molecule has 0 unspecified atom stereocenters. The van der Waals surface area contributed by atoms with Crippen LogP contribution in [0.5, 0.6) is 0 Å². The summed E-state index contributed by atoms with van der Waals surface area (Å²) in [7, 11) is 0. The highest BCUT2D eigenvalue weighted by atomic mass is 16.3. The summed E-state index contributed by atoms with van der Waals surface area (Å²) >= 11 is 0. The van der Waals surface area contributed by atoms with Gasteiger partial charge in [-0.15, -0.1) is 5.10 Å². The van der Waals surface area contributed by atoms with E-state index in [9.17, 15) is 0 Å². The quantitative estimate of drug-likeness (QED) is 0.610. The van der Waals surface area contributed by atoms with E-state index in [-0.39, 0.29) is 0 Å². The van der Waals surface area contributed by atoms with Gasteiger partial charge in [0.25, 0.3) is 0 Å². The van der Waals surface area contributed by atoms with E-state index in [2.05, 4.69) is 25.6 Å². The smallest absolute Gasteiger partial charge is 0.184 e. The van der Waals surface area contributed by atoms with Crippen molar-refractivity contribution in [3.63, 3.8) is 0 Å². The highest BCUT2D eigenvalue weighted by molar-refractivity contribution is 5.81. The van der Waals surface area contributed by atoms with Gasteiger partial charge in [0.15, 0.2) is 17.0 Å². The van der Waals surface area contributed by atoms with E-state index in [4.69, 9.17) is 4.42 Å². The standard InChI is InChI=1S/C16H14N6O/c1-2-5-12(6-3-1)10-22-16-14(20-21-22)15(18-11-19-16)17-9-13-7-4-8-23-13/h1-8,11H,9-10H2,(H,17,18,19). The van der Waals surface area contributed by atoms with Crippen LogP contribution < -0.4 is 5.32 Å². The zero-order valence-corrected chi connectivity index (χ0v) is 12.3. The van der Waals surface area contributed by atoms with Gasteiger partial charge in [0.1, 0.15) is 12.1 Å². The summed E-state index contributed by atoms with van der Waals surface area (Å²) in [6, 6.07) is 13.8. The molecule has 23 heavy (non-hydrogen) atoms. The largest absolute Gasteiger partial charge is 0.467 e. The van der Waals surface area contributed by atoms with Crippen molar-refractivity contribution >= 4 is 17.0 Å². The first-order chi connectivity index (χ1) is 11.4. The van der Waals surface area contributed by atoms with Gasteiger partial charge in [0.2, 0.25) is 0 Å². The minimum atomic E-state index is 0.532. The van der Waals surface area contributed by atoms with Gasteiger partial charge in [-0.1, -0.05) is 35.5 Å². The molecule has 0 aliphatic rings. The number of nitrogens with one attached hydrogen (secondary N) is 1. The van der Waals surface area contributed by atoms with Crippen molar-refractivity contribution in [1.29, 1.82) is 0 Å². The number of hydrogen-bond acceptors (Lipinski definition) is 6. The van der Waals surface area contributed by atoms with Crippen LogP contribution in [0.25, 0.3) is 11.2 Å². The fraction of sp³-hybridized carbons (Fsp3) is 0.125. The molecule has 0 saturated heterocycles. The van der Waals surface area contributed by atoms with Gasteiger partial charge in [-0.05, 0) is 17.7 Å². The van der Waals surface area contributed by atoms with E-state index in [1.807, 2.05) is 42.5 Å². The van der Waals surface area contributed by atoms with Crippen molar-refractivity contribution in [3.05, 3.63) is 66.4 Å². The minimum Gasteiger partial charge on any atom is -0.467 e. The number of aromatic nitrogens is 5. The van der Waals surface area contributed by atoms with Crippen molar-refractivity contribution in [2.45, 2.75) is 13.1 Å². The van der Waals surface area contributed by atoms with E-state index in [1.54, 1.807) is 10.9 Å². The summed E-state index contributed by atoms with van der Waals surface area (Å²) in [6.45, 7) is 1.15. The molecule has 1 N–H and O–H groups in total. The predicted octanol–water partition coefficient (Wildman–Crippen LogP) is 2.47. The summed E-state index contributed by atoms with van der Waals surface area (Å²) in [6.07, 6.45) is 3.15. The van der Waals surface area contributed by atoms with Gasteiger partial charge in [-0.2, -0.15) is 0 Å². The van der Waals surface area contributed by atoms with Crippen LogP contribution in [0, 0.1) is 0 Å². The number of anilines is 1. The highest BCUT2D eigenvalue weighted by Crippen LogP contribution is 2.17. The Balaban J connectivity index is 1.61. The molecule has 4 rings (SSSR count). The summed E-state index contributed by atoms with van der Waals surface area (Å²) < 4.78 is 7.07. The molecule has 0 fully saturated rings. The minimum absolute atomic E-state index is 0.532. The normalized spacial score (nSPS) is 11.0. The van der Waals surface area contributed by atoms with Crippen molar-refractivity contribution in [2.75, 3.05) is 5.32 Å². The Bertz CT molecular complexity index is 901. The zero-order valence-electron chi connectivity index (χ0n) is 12.3. The molecule has 4 aromatic rings. The second-order valence-corrected chi connectivity index (χ2v) is 5.06. The van der Waals surface area contributed by atoms with E-state index in [0.717, 1.165) is 11.3 Å². The Labute approximate surface area is 132 Å². The van der Waals surface area contributed by atoms with E-state index in [1.165, 1.54) is 6.33 Å². The zero-order chi connectivity index (χ0) is 15.5. The number of nitrogens with zero attached hydrogens (tertiary/aromatic N) is 5. The molecule has 7 nitrogen and oxygen atoms in total. The van der Waals surface area contributed by atoms with Crippen molar-refractivity contribution in [3.8, 4) is 0 Å². The third-order valence-electron chi connectivity index (χ3n) is 3.49. The van der Waals surface area contributed by atoms with Crippen molar-refractivity contribution < 1.29 is 4.42 Å². The first-order valence-corrected chi connectivity index (χ1v) is 7.24. The maximum absolute atomic E-state index is 5.30. The molecule has 0 atom stereocenters. The molecule has 0 amide bonds. The Kier molecular flexibility index (Phi) is 3.44. The fourth-order valence-corrected chi connectivity index (χ4v) is 2.37. The maximum atomic E-state index is 5.30. The molecule has 3 heterocycles. The van der Waals surface area contributed by atoms with Gasteiger partial charge in [-0.25, -0.2) is 14.6 Å². The van der Waals surface area contributed by atoms with E-state index in [0.29, 0.717) is 30.1 Å². The Hall–Kier alpha value is -3.22. The predicted molar refractivity (Wildman–Crippen MR) is 84.7 cm³/mol. The molecule has 7 heteroatoms. The van der Waals surface area contributed by atoms with Gasteiger partial charge in [0, 0.05) is 0 Å². The lowest BCUT2D eigenvalue weighted by Gasteiger charge is -2.04. The van der Waals surface area contributed by atoms with Crippen LogP contribution in [0.15, 0.2) is 59.5 Å². The average molecular weight is 306 g/mol. The highest BCUT2D eigenvalue weighted by Gasteiger charge is 2.12. The molecular weight excluding hydrogens is 292 g/mol. The number of furan rings is 1. The van der Waals surface area contributed by atoms with Crippen molar-refractivity contribution in [1.82, 2.24) is 25.0 Å². The van der Waals surface area contributed by atoms with Crippen LogP contribution in [0.1, 0.15) is 11.3 Å². The van der Waals surface area contributed by atoms with Crippen LogP contribution in [0.2, 0.25) is 0 Å². The number of fused-ring (bicyclic) bond motifs is 1. The number of benzene rings is 1. The maximum Gasteiger partial charge on any atom is 0.184 e. The Morgan fingerprint density at radius 2 is 1.96 bits per heavy atom. The lowest BCUT2D eigenvalue weighted by molar-refractivity contribution is 0.518. The molecule has 0 spiro atoms. The van der Waals surface area contributed by atoms with Gasteiger partial charge < -0.3 is 9.73 Å². The lowest BCUT2D eigenvalue weighted by Crippen LogP contribution is -2.04. The fourth-order valence-electron chi connectivity index (χ4n) is 2.37. The lowest BCUT2D eigenvalue weighted by atomic mass is 10.2.